The Morgan fingerprint density at radius 3 is 2.70 bits per heavy atom. The van der Waals surface area contributed by atoms with E-state index in [4.69, 9.17) is 33.5 Å². The molecule has 0 saturated carbocycles. The van der Waals surface area contributed by atoms with Crippen LogP contribution in [0.2, 0.25) is 0 Å². The van der Waals surface area contributed by atoms with Gasteiger partial charge in [0.15, 0.2) is 5.65 Å². The third-order valence-electron chi connectivity index (χ3n) is 11.9. The van der Waals surface area contributed by atoms with Crippen molar-refractivity contribution in [1.29, 1.82) is 0 Å². The van der Waals surface area contributed by atoms with E-state index in [9.17, 15) is 17.6 Å². The summed E-state index contributed by atoms with van der Waals surface area (Å²) < 4.78 is 108. The molecule has 3 atom stereocenters. The summed E-state index contributed by atoms with van der Waals surface area (Å²) in [7, 11) is -2.94. The lowest BCUT2D eigenvalue weighted by atomic mass is 9.96. The Bertz CT molecular complexity index is 2780. The van der Waals surface area contributed by atoms with Crippen LogP contribution in [0.3, 0.4) is 0 Å². The van der Waals surface area contributed by atoms with E-state index in [-0.39, 0.29) is 73.4 Å². The predicted molar refractivity (Wildman–Crippen MR) is 215 cm³/mol. The Kier molecular flexibility index (Phi) is 8.91. The number of carbonyl (C=O) groups excluding carboxylic acids is 1. The maximum absolute atomic E-state index is 15.2. The monoisotopic (exact) mass is 846 g/mol. The molecule has 4 aromatic heterocycles. The zero-order valence-electron chi connectivity index (χ0n) is 35.9. The molecule has 0 spiro atoms. The second-order valence-corrected chi connectivity index (χ2v) is 16.2. The fraction of sp³-hybridized carbons (Fsp3) is 0.429. The van der Waals surface area contributed by atoms with Crippen LogP contribution in [0.25, 0.3) is 39.0 Å². The number of amides is 1. The molecule has 8 heterocycles. The molecular weight excluding hydrogens is 802 g/mol. The summed E-state index contributed by atoms with van der Waals surface area (Å²) in [6.45, 7) is 2.74. The molecule has 0 aliphatic carbocycles. The minimum Gasteiger partial charge on any atom is -0.494 e. The molecule has 4 aliphatic rings. The number of likely N-dealkylation sites (tertiary alicyclic amines) is 1. The molecule has 1 N–H and O–H groups in total. The lowest BCUT2D eigenvalue weighted by Gasteiger charge is -2.39. The van der Waals surface area contributed by atoms with Gasteiger partial charge in [-0.3, -0.25) is 9.69 Å². The van der Waals surface area contributed by atoms with E-state index in [0.717, 1.165) is 12.1 Å². The van der Waals surface area contributed by atoms with E-state index >= 15 is 9.18 Å². The number of aromatic nitrogens is 7. The number of aryl methyl sites for hydroxylation is 1. The summed E-state index contributed by atoms with van der Waals surface area (Å²) in [6.07, 6.45) is -2.27. The average Bonchev–Trinajstić information content (AvgIpc) is 3.85. The first-order chi connectivity index (χ1) is 30.5. The normalized spacial score (nSPS) is 22.2. The zero-order chi connectivity index (χ0) is 44.7. The van der Waals surface area contributed by atoms with Crippen molar-refractivity contribution in [2.45, 2.75) is 57.1 Å². The maximum atomic E-state index is 15.2. The van der Waals surface area contributed by atoms with E-state index in [2.05, 4.69) is 10.4 Å². The highest BCUT2D eigenvalue weighted by Gasteiger charge is 2.43. The summed E-state index contributed by atoms with van der Waals surface area (Å²) in [4.78, 5) is 39.6. The fourth-order valence-electron chi connectivity index (χ4n) is 9.29. The number of fused-ring (bicyclic) bond motifs is 8. The average molecular weight is 847 g/mol. The first-order valence-electron chi connectivity index (χ1n) is 21.6. The van der Waals surface area contributed by atoms with Crippen molar-refractivity contribution in [3.63, 3.8) is 0 Å². The van der Waals surface area contributed by atoms with Crippen molar-refractivity contribution in [3.05, 3.63) is 78.0 Å². The van der Waals surface area contributed by atoms with Gasteiger partial charge in [-0.25, -0.2) is 33.4 Å². The molecular formula is C42H42F5N11O3. The number of imidazole rings is 1. The molecule has 3 fully saturated rings. The molecule has 61 heavy (non-hydrogen) atoms. The number of benzene rings is 2. The van der Waals surface area contributed by atoms with Gasteiger partial charge in [0, 0.05) is 69.5 Å². The van der Waals surface area contributed by atoms with Crippen LogP contribution in [0.5, 0.6) is 5.75 Å². The molecule has 14 nitrogen and oxygen atoms in total. The number of carbonyl (C=O) groups is 1. The van der Waals surface area contributed by atoms with Crippen LogP contribution in [-0.2, 0) is 22.5 Å². The molecule has 6 bridgehead atoms. The van der Waals surface area contributed by atoms with Gasteiger partial charge in [-0.15, -0.1) is 0 Å². The Balaban J connectivity index is 1.08. The number of pyridine rings is 1. The van der Waals surface area contributed by atoms with E-state index in [1.165, 1.54) is 34.0 Å². The third-order valence-corrected chi connectivity index (χ3v) is 11.9. The number of methoxy groups -OCH3 is 1. The quantitative estimate of drug-likeness (QED) is 0.212. The van der Waals surface area contributed by atoms with Gasteiger partial charge < -0.3 is 29.2 Å². The topological polar surface area (TPSA) is 132 Å². The molecule has 3 saturated heterocycles. The van der Waals surface area contributed by atoms with Crippen LogP contribution in [0.1, 0.15) is 28.6 Å². The van der Waals surface area contributed by atoms with Crippen molar-refractivity contribution >= 4 is 39.6 Å². The lowest BCUT2D eigenvalue weighted by molar-refractivity contribution is -0.158. The van der Waals surface area contributed by atoms with Gasteiger partial charge in [-0.1, -0.05) is 6.07 Å². The van der Waals surface area contributed by atoms with Gasteiger partial charge >= 0.3 is 6.18 Å². The van der Waals surface area contributed by atoms with Gasteiger partial charge in [-0.2, -0.15) is 18.3 Å². The van der Waals surface area contributed by atoms with Gasteiger partial charge in [0.05, 0.1) is 58.7 Å². The minimum absolute atomic E-state index is 0.0616. The minimum atomic E-state index is -4.35. The van der Waals surface area contributed by atoms with Crippen LogP contribution in [0.4, 0.5) is 33.6 Å². The van der Waals surface area contributed by atoms with Gasteiger partial charge in [-0.05, 0) is 56.0 Å². The van der Waals surface area contributed by atoms with E-state index in [0.29, 0.717) is 77.7 Å². The molecule has 0 unspecified atom stereocenters. The smallest absolute Gasteiger partial charge is 0.401 e. The summed E-state index contributed by atoms with van der Waals surface area (Å²) in [5.41, 5.74) is 2.49. The van der Waals surface area contributed by atoms with Gasteiger partial charge in [0.2, 0.25) is 5.91 Å². The number of hydrogen-bond donors (Lipinski definition) is 1. The van der Waals surface area contributed by atoms with Crippen molar-refractivity contribution in [3.8, 4) is 22.7 Å². The van der Waals surface area contributed by atoms with Crippen LogP contribution in [-0.4, -0.2) is 127 Å². The standard InChI is InChI=1S/C42H42F5N11O3/c1-23-49-32-13-26(44)12-29-31-5-3-6-36(51-31)50-27-15-34(41(59)55-9-4-10-61-28(20-55)21-56(23)38(29)32)57(19-27)39-30-16-48-58(33-8-7-25(43)14-35(33)60-2)40(30)53-37(52-39)11-24-17-54(18-24)22-42(45,46)47/h3,5-8,12-14,16,24,27-28,34H,4,9-11,15,17-22H2,1-2H3,(H,50,51)/t27-,28+,34-/m0/s1/i2D3. The number of anilines is 2. The molecule has 10 rings (SSSR count). The number of alkyl halides is 3. The number of rotatable bonds is 6. The highest BCUT2D eigenvalue weighted by molar-refractivity contribution is 5.94. The first-order valence-corrected chi connectivity index (χ1v) is 20.1. The van der Waals surface area contributed by atoms with Crippen LogP contribution < -0.4 is 15.0 Å². The Morgan fingerprint density at radius 2 is 1.87 bits per heavy atom. The van der Waals surface area contributed by atoms with Crippen molar-refractivity contribution < 1.29 is 40.3 Å². The van der Waals surface area contributed by atoms with Gasteiger partial charge in [0.25, 0.3) is 0 Å². The summed E-state index contributed by atoms with van der Waals surface area (Å²) >= 11 is 0. The van der Waals surface area contributed by atoms with Crippen molar-refractivity contribution in [2.75, 3.05) is 63.1 Å². The maximum Gasteiger partial charge on any atom is 0.401 e. The zero-order valence-corrected chi connectivity index (χ0v) is 32.9. The second kappa shape index (κ2) is 15.2. The van der Waals surface area contributed by atoms with Crippen LogP contribution in [0, 0.1) is 24.5 Å². The van der Waals surface area contributed by atoms with Crippen LogP contribution in [0.15, 0.2) is 54.7 Å². The Labute approximate surface area is 350 Å². The Hall–Kier alpha value is -5.95. The third kappa shape index (κ3) is 7.47. The second-order valence-electron chi connectivity index (χ2n) is 16.2. The highest BCUT2D eigenvalue weighted by atomic mass is 19.4. The first kappa shape index (κ1) is 35.8. The number of nitrogens with one attached hydrogen (secondary N) is 1. The van der Waals surface area contributed by atoms with Crippen molar-refractivity contribution in [1.82, 2.24) is 44.1 Å². The van der Waals surface area contributed by atoms with E-state index < -0.39 is 43.5 Å². The largest absolute Gasteiger partial charge is 0.494 e. The number of hydrogen-bond acceptors (Lipinski definition) is 11. The summed E-state index contributed by atoms with van der Waals surface area (Å²) in [5.74, 6) is -0.227. The predicted octanol–water partition coefficient (Wildman–Crippen LogP) is 5.55. The summed E-state index contributed by atoms with van der Waals surface area (Å²) in [6, 6.07) is 10.4. The SMILES string of the molecule is [2H]C([2H])([2H])Oc1cc(F)ccc1-n1ncc2c(N3C[C@@H]4C[C@H]3C(=O)N3CCCO[C@H](C3)Cn3c(C)nc5cc(F)cc(c53)-c3cccc(n3)N4)nc(CC3CN(CC(F)(F)F)C3)nc21. The van der Waals surface area contributed by atoms with Gasteiger partial charge in [0.1, 0.15) is 52.4 Å². The molecule has 2 aromatic carbocycles. The fourth-order valence-corrected chi connectivity index (χ4v) is 9.29. The van der Waals surface area contributed by atoms with E-state index in [1.807, 2.05) is 22.5 Å². The molecule has 318 valence electrons. The lowest BCUT2D eigenvalue weighted by Crippen LogP contribution is -2.51. The molecule has 0 radical (unpaired) electrons. The molecule has 1 amide bonds. The molecule has 19 heteroatoms. The van der Waals surface area contributed by atoms with E-state index in [1.54, 1.807) is 17.0 Å². The number of halogens is 5. The highest BCUT2D eigenvalue weighted by Crippen LogP contribution is 2.37. The summed E-state index contributed by atoms with van der Waals surface area (Å²) in [5, 5.41) is 8.46. The molecule has 4 aliphatic heterocycles. The number of ether oxygens (including phenoxy) is 2. The molecule has 6 aromatic rings. The number of nitrogens with zero attached hydrogens (tertiary/aromatic N) is 10. The van der Waals surface area contributed by atoms with Crippen LogP contribution >= 0.6 is 0 Å². The van der Waals surface area contributed by atoms with Crippen molar-refractivity contribution in [2.24, 2.45) is 5.92 Å². The Morgan fingerprint density at radius 1 is 1.00 bits per heavy atom.